The Kier molecular flexibility index (Phi) is 13.9. The summed E-state index contributed by atoms with van der Waals surface area (Å²) in [5.74, 6) is -0.298. The van der Waals surface area contributed by atoms with Gasteiger partial charge in [0.1, 0.15) is 0 Å². The number of nitrogens with zero attached hydrogens (tertiary/aromatic N) is 2. The molecule has 12 aromatic rings. The average molecular weight is 1030 g/mol. The maximum atomic E-state index is 6.12. The lowest BCUT2D eigenvalue weighted by Crippen LogP contribution is -2.14. The molecule has 0 bridgehead atoms. The van der Waals surface area contributed by atoms with Gasteiger partial charge in [0.05, 0.1) is 22.8 Å². The van der Waals surface area contributed by atoms with Crippen molar-refractivity contribution in [3.8, 4) is 0 Å². The molecular weight excluding hydrogens is 965 g/mol. The van der Waals surface area contributed by atoms with E-state index in [1.54, 1.807) is 0 Å². The summed E-state index contributed by atoms with van der Waals surface area (Å²) in [6.45, 7) is 4.51. The Morgan fingerprint density at radius 2 is 0.487 bits per heavy atom. The van der Waals surface area contributed by atoms with Crippen LogP contribution >= 0.6 is 0 Å². The zero-order chi connectivity index (χ0) is 53.8. The summed E-state index contributed by atoms with van der Waals surface area (Å²) >= 11 is 0. The first kappa shape index (κ1) is 49.8. The fourth-order valence-corrected chi connectivity index (χ4v) is 12.6. The number of benzene rings is 12. The van der Waals surface area contributed by atoms with Crippen molar-refractivity contribution in [3.63, 3.8) is 0 Å². The van der Waals surface area contributed by atoms with Gasteiger partial charge in [0.25, 0.3) is 0 Å². The van der Waals surface area contributed by atoms with E-state index in [-0.39, 0.29) is 23.7 Å². The van der Waals surface area contributed by atoms with E-state index in [4.69, 9.17) is 9.98 Å². The molecule has 0 aliphatic heterocycles. The second-order valence-electron chi connectivity index (χ2n) is 21.2. The molecule has 0 saturated heterocycles. The minimum atomic E-state index is -0.136. The molecule has 382 valence electrons. The van der Waals surface area contributed by atoms with Crippen LogP contribution in [0.3, 0.4) is 0 Å². The third-order valence-electron chi connectivity index (χ3n) is 16.1. The van der Waals surface area contributed by atoms with Crippen LogP contribution < -0.4 is 0 Å². The smallest absolute Gasteiger partial charge is 0.0979 e. The molecule has 0 N–H and O–H groups in total. The molecule has 1 aliphatic carbocycles. The van der Waals surface area contributed by atoms with Gasteiger partial charge in [0.15, 0.2) is 0 Å². The number of aliphatic imine (C=N–C) groups is 2. The lowest BCUT2D eigenvalue weighted by Gasteiger charge is -2.26. The largest absolute Gasteiger partial charge is 0.245 e. The fraction of sp³-hybridized carbons (Fsp3) is 0.0769. The minimum Gasteiger partial charge on any atom is -0.245 e. The highest BCUT2D eigenvalue weighted by atomic mass is 14.9. The van der Waals surface area contributed by atoms with Gasteiger partial charge in [-0.1, -0.05) is 303 Å². The van der Waals surface area contributed by atoms with E-state index in [1.165, 1.54) is 61.0 Å². The molecule has 13 rings (SSSR count). The predicted molar refractivity (Wildman–Crippen MR) is 334 cm³/mol. The van der Waals surface area contributed by atoms with Crippen LogP contribution in [0.1, 0.15) is 113 Å². The topological polar surface area (TPSA) is 24.7 Å². The maximum Gasteiger partial charge on any atom is 0.0979 e. The second kappa shape index (κ2) is 22.3. The highest BCUT2D eigenvalue weighted by Crippen LogP contribution is 2.47. The molecule has 80 heavy (non-hydrogen) atoms. The molecule has 0 aromatic heterocycles. The van der Waals surface area contributed by atoms with Crippen molar-refractivity contribution in [2.45, 2.75) is 37.5 Å². The zero-order valence-electron chi connectivity index (χ0n) is 45.1. The number of hydrogen-bond donors (Lipinski definition) is 0. The van der Waals surface area contributed by atoms with Crippen molar-refractivity contribution in [1.29, 1.82) is 0 Å². The maximum absolute atomic E-state index is 6.12. The van der Waals surface area contributed by atoms with Gasteiger partial charge in [-0.15, -0.1) is 0 Å². The first-order valence-electron chi connectivity index (χ1n) is 27.9. The van der Waals surface area contributed by atoms with Gasteiger partial charge in [-0.3, -0.25) is 0 Å². The molecule has 0 spiro atoms. The summed E-state index contributed by atoms with van der Waals surface area (Å²) in [5.41, 5.74) is 22.5. The highest BCUT2D eigenvalue weighted by Gasteiger charge is 2.32. The predicted octanol–water partition coefficient (Wildman–Crippen LogP) is 19.4. The van der Waals surface area contributed by atoms with Crippen LogP contribution in [0.5, 0.6) is 0 Å². The van der Waals surface area contributed by atoms with Crippen molar-refractivity contribution in [1.82, 2.24) is 0 Å². The van der Waals surface area contributed by atoms with Crippen molar-refractivity contribution >= 4 is 33.6 Å². The third-order valence-corrected chi connectivity index (χ3v) is 16.1. The number of aryl methyl sites for hydroxylation is 2. The van der Waals surface area contributed by atoms with Crippen molar-refractivity contribution in [2.24, 2.45) is 9.98 Å². The molecule has 0 saturated carbocycles. The van der Waals surface area contributed by atoms with E-state index >= 15 is 0 Å². The van der Waals surface area contributed by atoms with Gasteiger partial charge in [-0.05, 0) is 97.1 Å². The summed E-state index contributed by atoms with van der Waals surface area (Å²) in [6.07, 6.45) is 0. The summed E-state index contributed by atoms with van der Waals surface area (Å²) in [6, 6.07) is 111. The van der Waals surface area contributed by atoms with Gasteiger partial charge in [0, 0.05) is 40.2 Å². The number of hydrogen-bond acceptors (Lipinski definition) is 2. The summed E-state index contributed by atoms with van der Waals surface area (Å²) in [7, 11) is 0. The van der Waals surface area contributed by atoms with E-state index in [2.05, 4.69) is 317 Å². The Balaban J connectivity index is 1.10. The van der Waals surface area contributed by atoms with Crippen LogP contribution in [-0.2, 0) is 0 Å². The van der Waals surface area contributed by atoms with Crippen LogP contribution in [0.25, 0.3) is 10.8 Å². The van der Waals surface area contributed by atoms with Crippen LogP contribution in [0.15, 0.2) is 313 Å². The highest BCUT2D eigenvalue weighted by molar-refractivity contribution is 6.61. The molecule has 0 heterocycles. The SMILES string of the molecule is Cc1cc(C(c2ccccc2)c2ccccc2)cc(C(c2ccccc2)c2ccccc2)c1N=C1C(=Nc2c(C)cc(C(c3ccccc3)c3ccccc3)cc2C(c2ccccc2)c2ccccc2)c2cccc3cccc1c23. The first-order valence-corrected chi connectivity index (χ1v) is 27.9. The molecule has 0 amide bonds. The lowest BCUT2D eigenvalue weighted by molar-refractivity contribution is 0.934. The van der Waals surface area contributed by atoms with Gasteiger partial charge in [0.2, 0.25) is 0 Å². The molecule has 0 fully saturated rings. The van der Waals surface area contributed by atoms with Gasteiger partial charge >= 0.3 is 0 Å². The van der Waals surface area contributed by atoms with Gasteiger partial charge in [-0.25, -0.2) is 9.98 Å². The van der Waals surface area contributed by atoms with Crippen LogP contribution in [0, 0.1) is 13.8 Å². The fourth-order valence-electron chi connectivity index (χ4n) is 12.6. The van der Waals surface area contributed by atoms with Crippen molar-refractivity contribution < 1.29 is 0 Å². The summed E-state index contributed by atoms with van der Waals surface area (Å²) in [4.78, 5) is 12.2. The number of rotatable bonds is 14. The van der Waals surface area contributed by atoms with Gasteiger partial charge < -0.3 is 0 Å². The Morgan fingerprint density at radius 1 is 0.237 bits per heavy atom. The quantitative estimate of drug-likeness (QED) is 0.0970. The molecule has 2 nitrogen and oxygen atoms in total. The van der Waals surface area contributed by atoms with Gasteiger partial charge in [-0.2, -0.15) is 0 Å². The molecule has 0 radical (unpaired) electrons. The Hall–Kier alpha value is -9.76. The Morgan fingerprint density at radius 3 is 0.750 bits per heavy atom. The van der Waals surface area contributed by atoms with Crippen LogP contribution in [-0.4, -0.2) is 11.4 Å². The average Bonchev–Trinajstić information content (AvgIpc) is 4.04. The third kappa shape index (κ3) is 9.71. The molecule has 0 unspecified atom stereocenters. The van der Waals surface area contributed by atoms with E-state index in [1.807, 2.05) is 0 Å². The van der Waals surface area contributed by atoms with E-state index in [0.29, 0.717) is 0 Å². The molecule has 1 aliphatic rings. The van der Waals surface area contributed by atoms with E-state index in [0.717, 1.165) is 61.6 Å². The molecule has 2 heteroatoms. The van der Waals surface area contributed by atoms with E-state index < -0.39 is 0 Å². The van der Waals surface area contributed by atoms with Crippen LogP contribution in [0.4, 0.5) is 11.4 Å². The zero-order valence-corrected chi connectivity index (χ0v) is 45.1. The lowest BCUT2D eigenvalue weighted by atomic mass is 9.78. The van der Waals surface area contributed by atoms with Crippen molar-refractivity contribution in [3.05, 3.63) is 392 Å². The van der Waals surface area contributed by atoms with E-state index in [9.17, 15) is 0 Å². The summed E-state index contributed by atoms with van der Waals surface area (Å²) < 4.78 is 0. The Bertz CT molecular complexity index is 3730. The monoisotopic (exact) mass is 1020 g/mol. The first-order chi connectivity index (χ1) is 39.6. The standard InChI is InChI=1S/C78H60N2/c1-53-49-64(70(55-29-11-3-12-30-55)56-31-13-4-14-32-56)51-68(72(59-37-19-7-20-38-59)60-39-21-8-22-40-60)75(53)79-77-66-47-27-45-63-46-28-48-67(74(63)66)78(77)80-76-54(2)50-65(71(57-33-15-5-16-34-57)58-35-17-6-18-36-58)52-69(76)73(61-41-23-9-24-42-61)62-43-25-10-26-44-62/h3-52,70-73H,1-2H3. The summed E-state index contributed by atoms with van der Waals surface area (Å²) in [5, 5.41) is 2.34. The minimum absolute atomic E-state index is 0.0136. The Labute approximate surface area is 470 Å². The molecule has 0 atom stereocenters. The van der Waals surface area contributed by atoms with Crippen LogP contribution in [0.2, 0.25) is 0 Å². The molecule has 12 aromatic carbocycles. The molecular formula is C78H60N2. The van der Waals surface area contributed by atoms with Crippen molar-refractivity contribution in [2.75, 3.05) is 0 Å². The normalized spacial score (nSPS) is 13.1. The second-order valence-corrected chi connectivity index (χ2v) is 21.2.